The Morgan fingerprint density at radius 2 is 1.88 bits per heavy atom. The topological polar surface area (TPSA) is 63.8 Å². The van der Waals surface area contributed by atoms with Gasteiger partial charge in [0.1, 0.15) is 5.52 Å². The molecule has 17 heavy (non-hydrogen) atoms. The SMILES string of the molecule is CNc1ncc(-c2nc3ccccc3o2)cn1. The molecule has 2 heterocycles. The van der Waals surface area contributed by atoms with E-state index in [2.05, 4.69) is 20.3 Å². The van der Waals surface area contributed by atoms with E-state index in [-0.39, 0.29) is 0 Å². The molecular weight excluding hydrogens is 216 g/mol. The fourth-order valence-corrected chi connectivity index (χ4v) is 1.56. The smallest absolute Gasteiger partial charge is 0.230 e. The van der Waals surface area contributed by atoms with E-state index >= 15 is 0 Å². The third kappa shape index (κ3) is 1.71. The first-order chi connectivity index (χ1) is 8.36. The molecule has 0 radical (unpaired) electrons. The van der Waals surface area contributed by atoms with Crippen molar-refractivity contribution in [3.05, 3.63) is 36.7 Å². The van der Waals surface area contributed by atoms with Crippen molar-refractivity contribution in [3.63, 3.8) is 0 Å². The van der Waals surface area contributed by atoms with Gasteiger partial charge < -0.3 is 9.73 Å². The van der Waals surface area contributed by atoms with Crippen LogP contribution in [0.15, 0.2) is 41.1 Å². The fourth-order valence-electron chi connectivity index (χ4n) is 1.56. The van der Waals surface area contributed by atoms with Crippen LogP contribution in [0.2, 0.25) is 0 Å². The van der Waals surface area contributed by atoms with E-state index in [1.165, 1.54) is 0 Å². The van der Waals surface area contributed by atoms with Gasteiger partial charge in [-0.1, -0.05) is 12.1 Å². The van der Waals surface area contributed by atoms with Gasteiger partial charge in [-0.05, 0) is 12.1 Å². The highest BCUT2D eigenvalue weighted by Crippen LogP contribution is 2.22. The summed E-state index contributed by atoms with van der Waals surface area (Å²) in [4.78, 5) is 12.6. The number of benzene rings is 1. The van der Waals surface area contributed by atoms with Crippen LogP contribution in [-0.4, -0.2) is 22.0 Å². The Labute approximate surface area is 97.5 Å². The zero-order chi connectivity index (χ0) is 11.7. The molecule has 84 valence electrons. The van der Waals surface area contributed by atoms with Crippen molar-refractivity contribution in [2.24, 2.45) is 0 Å². The first kappa shape index (κ1) is 9.77. The summed E-state index contributed by atoms with van der Waals surface area (Å²) in [5.74, 6) is 1.11. The van der Waals surface area contributed by atoms with Gasteiger partial charge in [-0.3, -0.25) is 0 Å². The lowest BCUT2D eigenvalue weighted by atomic mass is 10.3. The number of oxazole rings is 1. The lowest BCUT2D eigenvalue weighted by Crippen LogP contribution is -1.95. The summed E-state index contributed by atoms with van der Waals surface area (Å²) < 4.78 is 5.62. The molecule has 1 aromatic carbocycles. The predicted molar refractivity (Wildman–Crippen MR) is 64.6 cm³/mol. The summed E-state index contributed by atoms with van der Waals surface area (Å²) in [6, 6.07) is 7.63. The number of fused-ring (bicyclic) bond motifs is 1. The van der Waals surface area contributed by atoms with Crippen molar-refractivity contribution in [3.8, 4) is 11.5 Å². The van der Waals surface area contributed by atoms with Gasteiger partial charge in [-0.25, -0.2) is 15.0 Å². The summed E-state index contributed by atoms with van der Waals surface area (Å²) in [6.45, 7) is 0. The second-order valence-corrected chi connectivity index (χ2v) is 3.53. The van der Waals surface area contributed by atoms with Crippen molar-refractivity contribution in [1.29, 1.82) is 0 Å². The molecule has 3 rings (SSSR count). The predicted octanol–water partition coefficient (Wildman–Crippen LogP) is 2.33. The van der Waals surface area contributed by atoms with Crippen LogP contribution in [0.1, 0.15) is 0 Å². The standard InChI is InChI=1S/C12H10N4O/c1-13-12-14-6-8(7-15-12)11-16-9-4-2-3-5-10(9)17-11/h2-7H,1H3,(H,13,14,15). The monoisotopic (exact) mass is 226 g/mol. The Kier molecular flexibility index (Phi) is 2.22. The van der Waals surface area contributed by atoms with E-state index in [1.807, 2.05) is 24.3 Å². The second kappa shape index (κ2) is 3.86. The average molecular weight is 226 g/mol. The minimum atomic E-state index is 0.536. The molecule has 5 nitrogen and oxygen atoms in total. The zero-order valence-corrected chi connectivity index (χ0v) is 9.21. The van der Waals surface area contributed by atoms with Gasteiger partial charge in [0.25, 0.3) is 0 Å². The normalized spacial score (nSPS) is 10.6. The van der Waals surface area contributed by atoms with E-state index in [9.17, 15) is 0 Å². The molecule has 1 N–H and O–H groups in total. The van der Waals surface area contributed by atoms with E-state index in [0.717, 1.165) is 16.7 Å². The fraction of sp³-hybridized carbons (Fsp3) is 0.0833. The van der Waals surface area contributed by atoms with Crippen molar-refractivity contribution >= 4 is 17.0 Å². The number of hydrogen-bond acceptors (Lipinski definition) is 5. The number of nitrogens with one attached hydrogen (secondary N) is 1. The summed E-state index contributed by atoms with van der Waals surface area (Å²) in [6.07, 6.45) is 3.37. The Balaban J connectivity index is 2.07. The molecule has 0 bridgehead atoms. The highest BCUT2D eigenvalue weighted by Gasteiger charge is 2.08. The molecular formula is C12H10N4O. The van der Waals surface area contributed by atoms with Crippen LogP contribution in [0.25, 0.3) is 22.6 Å². The van der Waals surface area contributed by atoms with E-state index in [0.29, 0.717) is 11.8 Å². The Morgan fingerprint density at radius 3 is 2.59 bits per heavy atom. The maximum absolute atomic E-state index is 5.62. The van der Waals surface area contributed by atoms with Crippen LogP contribution in [-0.2, 0) is 0 Å². The Bertz CT molecular complexity index is 612. The van der Waals surface area contributed by atoms with Gasteiger partial charge in [-0.15, -0.1) is 0 Å². The lowest BCUT2D eigenvalue weighted by Gasteiger charge is -1.97. The van der Waals surface area contributed by atoms with Gasteiger partial charge in [0.15, 0.2) is 5.58 Å². The number of anilines is 1. The van der Waals surface area contributed by atoms with Gasteiger partial charge >= 0.3 is 0 Å². The molecule has 0 aliphatic rings. The van der Waals surface area contributed by atoms with Crippen LogP contribution < -0.4 is 5.32 Å². The number of para-hydroxylation sites is 2. The van der Waals surface area contributed by atoms with E-state index < -0.39 is 0 Å². The minimum absolute atomic E-state index is 0.536. The van der Waals surface area contributed by atoms with Crippen molar-refractivity contribution in [1.82, 2.24) is 15.0 Å². The first-order valence-electron chi connectivity index (χ1n) is 5.22. The average Bonchev–Trinajstić information content (AvgIpc) is 2.82. The van der Waals surface area contributed by atoms with Gasteiger partial charge in [0.2, 0.25) is 11.8 Å². The largest absolute Gasteiger partial charge is 0.436 e. The molecule has 0 saturated heterocycles. The van der Waals surface area contributed by atoms with Crippen LogP contribution in [0.4, 0.5) is 5.95 Å². The Hall–Kier alpha value is -2.43. The number of aromatic nitrogens is 3. The first-order valence-corrected chi connectivity index (χ1v) is 5.22. The molecule has 0 unspecified atom stereocenters. The van der Waals surface area contributed by atoms with Crippen LogP contribution in [0, 0.1) is 0 Å². The Morgan fingerprint density at radius 1 is 1.12 bits per heavy atom. The quantitative estimate of drug-likeness (QED) is 0.726. The minimum Gasteiger partial charge on any atom is -0.436 e. The van der Waals surface area contributed by atoms with Crippen molar-refractivity contribution in [2.75, 3.05) is 12.4 Å². The number of rotatable bonds is 2. The summed E-state index contributed by atoms with van der Waals surface area (Å²) in [5, 5.41) is 2.86. The molecule has 0 atom stereocenters. The summed E-state index contributed by atoms with van der Waals surface area (Å²) in [7, 11) is 1.77. The maximum atomic E-state index is 5.62. The molecule has 0 aliphatic carbocycles. The van der Waals surface area contributed by atoms with Gasteiger partial charge in [-0.2, -0.15) is 0 Å². The lowest BCUT2D eigenvalue weighted by molar-refractivity contribution is 0.619. The molecule has 2 aromatic heterocycles. The van der Waals surface area contributed by atoms with Crippen LogP contribution >= 0.6 is 0 Å². The number of nitrogens with zero attached hydrogens (tertiary/aromatic N) is 3. The highest BCUT2D eigenvalue weighted by atomic mass is 16.3. The van der Waals surface area contributed by atoms with Crippen LogP contribution in [0.5, 0.6) is 0 Å². The van der Waals surface area contributed by atoms with E-state index in [4.69, 9.17) is 4.42 Å². The summed E-state index contributed by atoms with van der Waals surface area (Å²) >= 11 is 0. The van der Waals surface area contributed by atoms with Gasteiger partial charge in [0, 0.05) is 19.4 Å². The molecule has 3 aromatic rings. The molecule has 0 fully saturated rings. The molecule has 0 amide bonds. The third-order valence-corrected chi connectivity index (χ3v) is 2.42. The highest BCUT2D eigenvalue weighted by molar-refractivity contribution is 5.75. The van der Waals surface area contributed by atoms with Gasteiger partial charge in [0.05, 0.1) is 5.56 Å². The molecule has 0 spiro atoms. The van der Waals surface area contributed by atoms with E-state index in [1.54, 1.807) is 19.4 Å². The number of hydrogen-bond donors (Lipinski definition) is 1. The maximum Gasteiger partial charge on any atom is 0.230 e. The molecule has 0 saturated carbocycles. The molecule has 5 heteroatoms. The third-order valence-electron chi connectivity index (χ3n) is 2.42. The molecule has 0 aliphatic heterocycles. The van der Waals surface area contributed by atoms with Crippen molar-refractivity contribution < 1.29 is 4.42 Å². The summed E-state index contributed by atoms with van der Waals surface area (Å²) in [5.41, 5.74) is 2.36. The second-order valence-electron chi connectivity index (χ2n) is 3.53. The van der Waals surface area contributed by atoms with Crippen LogP contribution in [0.3, 0.4) is 0 Å². The zero-order valence-electron chi connectivity index (χ0n) is 9.21. The van der Waals surface area contributed by atoms with Crippen molar-refractivity contribution in [2.45, 2.75) is 0 Å².